The Morgan fingerprint density at radius 2 is 1.71 bits per heavy atom. The largest absolute Gasteiger partial charge is 0.367 e. The van der Waals surface area contributed by atoms with Crippen LogP contribution in [0.25, 0.3) is 0 Å². The van der Waals surface area contributed by atoms with Crippen LogP contribution in [0, 0.1) is 13.8 Å². The van der Waals surface area contributed by atoms with Crippen molar-refractivity contribution in [2.24, 2.45) is 0 Å². The number of hydrogen-bond donors (Lipinski definition) is 1. The standard InChI is InChI=1S/C20H24ClN3O3S/c1-15-7-8-17(13-16(15)2)28(26,27)22-14-20(25)24-11-9-23(10-12-24)19-6-4-3-5-18(19)21/h3-8,13,22H,9-12,14H2,1-2H3. The zero-order valence-corrected chi connectivity index (χ0v) is 17.6. The third-order valence-corrected chi connectivity index (χ3v) is 6.75. The van der Waals surface area contributed by atoms with Crippen molar-refractivity contribution in [1.29, 1.82) is 0 Å². The van der Waals surface area contributed by atoms with Gasteiger partial charge < -0.3 is 9.80 Å². The normalized spacial score (nSPS) is 15.0. The van der Waals surface area contributed by atoms with E-state index < -0.39 is 10.0 Å². The number of piperazine rings is 1. The molecule has 2 aromatic carbocycles. The van der Waals surface area contributed by atoms with E-state index in [1.165, 1.54) is 0 Å². The first-order valence-corrected chi connectivity index (χ1v) is 11.0. The van der Waals surface area contributed by atoms with Crippen molar-refractivity contribution in [1.82, 2.24) is 9.62 Å². The molecule has 0 aliphatic carbocycles. The molecule has 1 fully saturated rings. The minimum Gasteiger partial charge on any atom is -0.367 e. The van der Waals surface area contributed by atoms with Gasteiger partial charge in [0, 0.05) is 26.2 Å². The number of carbonyl (C=O) groups excluding carboxylic acids is 1. The number of carbonyl (C=O) groups is 1. The van der Waals surface area contributed by atoms with Gasteiger partial charge in [0.15, 0.2) is 0 Å². The van der Waals surface area contributed by atoms with Crippen LogP contribution < -0.4 is 9.62 Å². The van der Waals surface area contributed by atoms with Crippen LogP contribution in [0.1, 0.15) is 11.1 Å². The highest BCUT2D eigenvalue weighted by molar-refractivity contribution is 7.89. The summed E-state index contributed by atoms with van der Waals surface area (Å²) in [4.78, 5) is 16.4. The van der Waals surface area contributed by atoms with Gasteiger partial charge in [0.05, 0.1) is 22.2 Å². The molecule has 1 heterocycles. The fourth-order valence-corrected chi connectivity index (χ4v) is 4.45. The number of anilines is 1. The van der Waals surface area contributed by atoms with Crippen LogP contribution in [-0.2, 0) is 14.8 Å². The van der Waals surface area contributed by atoms with E-state index in [0.717, 1.165) is 16.8 Å². The third-order valence-electron chi connectivity index (χ3n) is 5.03. The van der Waals surface area contributed by atoms with E-state index in [-0.39, 0.29) is 17.3 Å². The number of amides is 1. The molecule has 0 bridgehead atoms. The molecule has 28 heavy (non-hydrogen) atoms. The number of rotatable bonds is 5. The number of hydrogen-bond acceptors (Lipinski definition) is 4. The molecule has 1 N–H and O–H groups in total. The summed E-state index contributed by atoms with van der Waals surface area (Å²) in [6.07, 6.45) is 0. The van der Waals surface area contributed by atoms with E-state index in [1.54, 1.807) is 23.1 Å². The number of para-hydroxylation sites is 1. The van der Waals surface area contributed by atoms with Crippen LogP contribution in [0.15, 0.2) is 47.4 Å². The Morgan fingerprint density at radius 1 is 1.04 bits per heavy atom. The Kier molecular flexibility index (Phi) is 6.27. The SMILES string of the molecule is Cc1ccc(S(=O)(=O)NCC(=O)N2CCN(c3ccccc3Cl)CC2)cc1C. The smallest absolute Gasteiger partial charge is 0.241 e. The number of nitrogens with one attached hydrogen (secondary N) is 1. The third kappa shape index (κ3) is 4.66. The molecule has 0 aromatic heterocycles. The van der Waals surface area contributed by atoms with Crippen molar-refractivity contribution in [2.75, 3.05) is 37.6 Å². The Labute approximate surface area is 171 Å². The van der Waals surface area contributed by atoms with Crippen molar-refractivity contribution in [3.63, 3.8) is 0 Å². The molecule has 1 aliphatic heterocycles. The van der Waals surface area contributed by atoms with E-state index in [9.17, 15) is 13.2 Å². The molecule has 0 atom stereocenters. The molecule has 1 amide bonds. The van der Waals surface area contributed by atoms with Crippen LogP contribution in [0.4, 0.5) is 5.69 Å². The summed E-state index contributed by atoms with van der Waals surface area (Å²) in [5.41, 5.74) is 2.86. The second kappa shape index (κ2) is 8.51. The van der Waals surface area contributed by atoms with Crippen molar-refractivity contribution >= 4 is 33.2 Å². The van der Waals surface area contributed by atoms with Gasteiger partial charge in [0.1, 0.15) is 0 Å². The summed E-state index contributed by atoms with van der Waals surface area (Å²) in [6.45, 7) is 5.88. The first-order chi connectivity index (χ1) is 13.3. The van der Waals surface area contributed by atoms with E-state index >= 15 is 0 Å². The topological polar surface area (TPSA) is 69.7 Å². The summed E-state index contributed by atoms with van der Waals surface area (Å²) in [6, 6.07) is 12.5. The van der Waals surface area contributed by atoms with E-state index in [4.69, 9.17) is 11.6 Å². The van der Waals surface area contributed by atoms with Gasteiger partial charge in [-0.1, -0.05) is 29.8 Å². The molecular weight excluding hydrogens is 398 g/mol. The van der Waals surface area contributed by atoms with E-state index in [0.29, 0.717) is 31.2 Å². The van der Waals surface area contributed by atoms with Gasteiger partial charge in [-0.15, -0.1) is 0 Å². The maximum Gasteiger partial charge on any atom is 0.241 e. The van der Waals surface area contributed by atoms with E-state index in [2.05, 4.69) is 9.62 Å². The second-order valence-corrected chi connectivity index (χ2v) is 9.06. The summed E-state index contributed by atoms with van der Waals surface area (Å²) in [5, 5.41) is 0.684. The highest BCUT2D eigenvalue weighted by Crippen LogP contribution is 2.26. The number of sulfonamides is 1. The van der Waals surface area contributed by atoms with Gasteiger partial charge in [-0.3, -0.25) is 4.79 Å². The van der Waals surface area contributed by atoms with Crippen LogP contribution in [0.5, 0.6) is 0 Å². The number of halogens is 1. The quantitative estimate of drug-likeness (QED) is 0.805. The first kappa shape index (κ1) is 20.6. The van der Waals surface area contributed by atoms with Crippen molar-refractivity contribution in [3.8, 4) is 0 Å². The molecule has 0 unspecified atom stereocenters. The van der Waals surface area contributed by atoms with Gasteiger partial charge in [-0.05, 0) is 49.2 Å². The molecule has 1 saturated heterocycles. The number of aryl methyl sites for hydroxylation is 2. The minimum absolute atomic E-state index is 0.173. The van der Waals surface area contributed by atoms with Crippen LogP contribution in [-0.4, -0.2) is 51.9 Å². The number of nitrogens with zero attached hydrogens (tertiary/aromatic N) is 2. The lowest BCUT2D eigenvalue weighted by Gasteiger charge is -2.36. The molecule has 150 valence electrons. The zero-order chi connectivity index (χ0) is 20.3. The average molecular weight is 422 g/mol. The van der Waals surface area contributed by atoms with Gasteiger partial charge in [-0.25, -0.2) is 13.1 Å². The van der Waals surface area contributed by atoms with Crippen molar-refractivity contribution < 1.29 is 13.2 Å². The lowest BCUT2D eigenvalue weighted by molar-refractivity contribution is -0.130. The molecular formula is C20H24ClN3O3S. The Morgan fingerprint density at radius 3 is 2.36 bits per heavy atom. The maximum absolute atomic E-state index is 12.5. The molecule has 3 rings (SSSR count). The fourth-order valence-electron chi connectivity index (χ4n) is 3.14. The Balaban J connectivity index is 1.56. The van der Waals surface area contributed by atoms with E-state index in [1.807, 2.05) is 38.1 Å². The number of benzene rings is 2. The summed E-state index contributed by atoms with van der Waals surface area (Å²) in [5.74, 6) is -0.230. The van der Waals surface area contributed by atoms with Crippen molar-refractivity contribution in [2.45, 2.75) is 18.7 Å². The Bertz CT molecular complexity index is 970. The first-order valence-electron chi connectivity index (χ1n) is 9.12. The van der Waals surface area contributed by atoms with Crippen LogP contribution >= 0.6 is 11.6 Å². The molecule has 8 heteroatoms. The molecule has 0 radical (unpaired) electrons. The minimum atomic E-state index is -3.72. The highest BCUT2D eigenvalue weighted by atomic mass is 35.5. The van der Waals surface area contributed by atoms with Crippen LogP contribution in [0.2, 0.25) is 5.02 Å². The monoisotopic (exact) mass is 421 g/mol. The van der Waals surface area contributed by atoms with Gasteiger partial charge in [0.2, 0.25) is 15.9 Å². The molecule has 1 aliphatic rings. The molecule has 0 saturated carbocycles. The maximum atomic E-state index is 12.5. The summed E-state index contributed by atoms with van der Waals surface area (Å²) < 4.78 is 27.3. The van der Waals surface area contributed by atoms with Gasteiger partial charge in [0.25, 0.3) is 0 Å². The molecule has 2 aromatic rings. The Hall–Kier alpha value is -2.09. The fraction of sp³-hybridized carbons (Fsp3) is 0.350. The van der Waals surface area contributed by atoms with Crippen molar-refractivity contribution in [3.05, 3.63) is 58.6 Å². The molecule has 0 spiro atoms. The predicted molar refractivity (Wildman–Crippen MR) is 111 cm³/mol. The summed E-state index contributed by atoms with van der Waals surface area (Å²) in [7, 11) is -3.72. The average Bonchev–Trinajstić information content (AvgIpc) is 2.69. The predicted octanol–water partition coefficient (Wildman–Crippen LogP) is 2.58. The van der Waals surface area contributed by atoms with Gasteiger partial charge >= 0.3 is 0 Å². The van der Waals surface area contributed by atoms with Crippen LogP contribution in [0.3, 0.4) is 0 Å². The van der Waals surface area contributed by atoms with Gasteiger partial charge in [-0.2, -0.15) is 0 Å². The second-order valence-electron chi connectivity index (χ2n) is 6.89. The lowest BCUT2D eigenvalue weighted by atomic mass is 10.1. The molecule has 6 nitrogen and oxygen atoms in total. The zero-order valence-electron chi connectivity index (χ0n) is 16.0. The highest BCUT2D eigenvalue weighted by Gasteiger charge is 2.24. The summed E-state index contributed by atoms with van der Waals surface area (Å²) >= 11 is 6.24. The lowest BCUT2D eigenvalue weighted by Crippen LogP contribution is -2.51.